The SMILES string of the molecule is C=C1CC[C@H](OC(C)=O)[C@@]2(C)[C@H]1[C@H](OC(C)=O)[C@@]13O[C@H](C(=C)[C@H](Cl)[C@@H]1OC(=O)[C@@H]3C)[C@@H](C(=O)[C@]1(OC)CCc3ccc4ccccc4c31)[C@@H]2OC(C)=O. The molecule has 2 aliphatic carbocycles. The molecule has 11 nitrogen and oxygen atoms in total. The lowest BCUT2D eigenvalue weighted by atomic mass is 9.51. The molecule has 1 spiro atoms. The van der Waals surface area contributed by atoms with E-state index in [0.29, 0.717) is 24.0 Å². The maximum Gasteiger partial charge on any atom is 0.312 e. The number of carbonyl (C=O) groups excluding carboxylic acids is 5. The molecule has 53 heavy (non-hydrogen) atoms. The van der Waals surface area contributed by atoms with Gasteiger partial charge in [0.15, 0.2) is 23.1 Å². The first-order valence-electron chi connectivity index (χ1n) is 18.1. The molecule has 282 valence electrons. The fourth-order valence-electron chi connectivity index (χ4n) is 10.4. The fraction of sp³-hybridized carbons (Fsp3) is 0.537. The smallest absolute Gasteiger partial charge is 0.312 e. The van der Waals surface area contributed by atoms with E-state index in [1.54, 1.807) is 13.8 Å². The van der Waals surface area contributed by atoms with Gasteiger partial charge in [-0.15, -0.1) is 11.6 Å². The van der Waals surface area contributed by atoms with Gasteiger partial charge in [0.1, 0.15) is 18.3 Å². The van der Waals surface area contributed by atoms with Gasteiger partial charge in [0, 0.05) is 39.4 Å². The molecule has 0 aromatic heterocycles. The predicted molar refractivity (Wildman–Crippen MR) is 192 cm³/mol. The van der Waals surface area contributed by atoms with Gasteiger partial charge in [-0.2, -0.15) is 0 Å². The number of methoxy groups -OCH3 is 1. The van der Waals surface area contributed by atoms with E-state index in [1.165, 1.54) is 27.9 Å². The molecule has 0 N–H and O–H groups in total. The summed E-state index contributed by atoms with van der Waals surface area (Å²) in [5.41, 5.74) is -2.46. The molecule has 0 radical (unpaired) electrons. The van der Waals surface area contributed by atoms with E-state index >= 15 is 4.79 Å². The van der Waals surface area contributed by atoms with Crippen molar-refractivity contribution in [1.29, 1.82) is 0 Å². The first-order valence-corrected chi connectivity index (χ1v) is 18.5. The summed E-state index contributed by atoms with van der Waals surface area (Å²) in [5.74, 6) is -6.59. The second-order valence-corrected chi connectivity index (χ2v) is 15.9. The zero-order valence-corrected chi connectivity index (χ0v) is 31.5. The Morgan fingerprint density at radius 2 is 1.58 bits per heavy atom. The van der Waals surface area contributed by atoms with Gasteiger partial charge in [0.2, 0.25) is 0 Å². The molecule has 1 saturated carbocycles. The van der Waals surface area contributed by atoms with Crippen LogP contribution in [0, 0.1) is 23.2 Å². The largest absolute Gasteiger partial charge is 0.462 e. The number of hydrogen-bond donors (Lipinski definition) is 0. The zero-order chi connectivity index (χ0) is 38.4. The molecule has 0 unspecified atom stereocenters. The summed E-state index contributed by atoms with van der Waals surface area (Å²) >= 11 is 7.24. The van der Waals surface area contributed by atoms with E-state index in [1.807, 2.05) is 36.4 Å². The molecule has 0 amide bonds. The Balaban J connectivity index is 1.56. The van der Waals surface area contributed by atoms with Crippen LogP contribution in [-0.2, 0) is 64.4 Å². The van der Waals surface area contributed by atoms with Crippen LogP contribution in [0.15, 0.2) is 60.7 Å². The van der Waals surface area contributed by atoms with Crippen LogP contribution in [0.2, 0.25) is 0 Å². The average Bonchev–Trinajstić information content (AvgIpc) is 3.62. The number of halogens is 1. The number of Topliss-reactive ketones (excluding diaryl/α,β-unsaturated/α-hetero) is 1. The molecule has 3 saturated heterocycles. The van der Waals surface area contributed by atoms with E-state index in [-0.39, 0.29) is 18.4 Å². The van der Waals surface area contributed by atoms with Crippen LogP contribution >= 0.6 is 11.6 Å². The van der Waals surface area contributed by atoms with Crippen LogP contribution in [0.3, 0.4) is 0 Å². The number of benzene rings is 2. The predicted octanol–water partition coefficient (Wildman–Crippen LogP) is 5.46. The zero-order valence-electron chi connectivity index (χ0n) is 30.8. The molecule has 5 aliphatic rings. The number of ketones is 1. The number of alkyl halides is 1. The summed E-state index contributed by atoms with van der Waals surface area (Å²) in [7, 11) is 1.48. The summed E-state index contributed by atoms with van der Waals surface area (Å²) in [6.45, 7) is 15.8. The highest BCUT2D eigenvalue weighted by Crippen LogP contribution is 2.63. The minimum Gasteiger partial charge on any atom is -0.462 e. The molecule has 3 aliphatic heterocycles. The lowest BCUT2D eigenvalue weighted by Crippen LogP contribution is -2.75. The molecule has 12 atom stereocenters. The van der Waals surface area contributed by atoms with Gasteiger partial charge in [-0.25, -0.2) is 0 Å². The molecule has 12 heteroatoms. The lowest BCUT2D eigenvalue weighted by Gasteiger charge is -2.62. The molecule has 7 rings (SSSR count). The average molecular weight is 749 g/mol. The Bertz CT molecular complexity index is 1960. The van der Waals surface area contributed by atoms with Crippen molar-refractivity contribution in [1.82, 2.24) is 0 Å². The van der Waals surface area contributed by atoms with E-state index in [0.717, 1.165) is 16.3 Å². The second kappa shape index (κ2) is 13.1. The monoisotopic (exact) mass is 748 g/mol. The van der Waals surface area contributed by atoms with Gasteiger partial charge in [0.25, 0.3) is 0 Å². The minimum atomic E-state index is -1.77. The Morgan fingerprint density at radius 3 is 2.25 bits per heavy atom. The van der Waals surface area contributed by atoms with E-state index in [9.17, 15) is 19.2 Å². The van der Waals surface area contributed by atoms with Crippen molar-refractivity contribution in [3.8, 4) is 0 Å². The Labute approximate surface area is 313 Å². The summed E-state index contributed by atoms with van der Waals surface area (Å²) in [5, 5.41) is 0.617. The number of ether oxygens (including phenoxy) is 6. The number of esters is 4. The van der Waals surface area contributed by atoms with Crippen molar-refractivity contribution in [2.75, 3.05) is 7.11 Å². The standard InChI is InChI=1S/C41H45ClO11/c1-19-13-16-28(49-22(4)43)39(7)30(19)36(51-24(6)45)41-21(3)38(47)52-37(41)32(42)20(2)33(53-41)29(35(39)50-23(5)44)34(46)40(48-8)18-17-26-15-14-25-11-9-10-12-27(25)31(26)40/h9-12,14-15,21,28-30,32-33,35-37H,1-2,13,16-18H2,3-8H3/t21-,28-,29-,30+,32-,33+,35-,36-,37-,39-,40-,41+/m0/s1. The van der Waals surface area contributed by atoms with Gasteiger partial charge in [0.05, 0.1) is 28.7 Å². The lowest BCUT2D eigenvalue weighted by molar-refractivity contribution is -0.282. The van der Waals surface area contributed by atoms with Gasteiger partial charge < -0.3 is 28.4 Å². The number of rotatable bonds is 6. The number of hydrogen-bond acceptors (Lipinski definition) is 11. The van der Waals surface area contributed by atoms with Crippen LogP contribution in [-0.4, -0.2) is 78.3 Å². The van der Waals surface area contributed by atoms with Gasteiger partial charge in [-0.05, 0) is 54.5 Å². The van der Waals surface area contributed by atoms with Gasteiger partial charge >= 0.3 is 23.9 Å². The van der Waals surface area contributed by atoms with E-state index < -0.39 is 99.9 Å². The fourth-order valence-corrected chi connectivity index (χ4v) is 10.8. The van der Waals surface area contributed by atoms with E-state index in [2.05, 4.69) is 13.2 Å². The van der Waals surface area contributed by atoms with Gasteiger partial charge in [-0.1, -0.05) is 62.1 Å². The van der Waals surface area contributed by atoms with Crippen LogP contribution in [0.5, 0.6) is 0 Å². The summed E-state index contributed by atoms with van der Waals surface area (Å²) in [6, 6.07) is 11.7. The van der Waals surface area contributed by atoms with Gasteiger partial charge in [-0.3, -0.25) is 24.0 Å². The highest BCUT2D eigenvalue weighted by molar-refractivity contribution is 6.23. The first kappa shape index (κ1) is 37.3. The second-order valence-electron chi connectivity index (χ2n) is 15.4. The van der Waals surface area contributed by atoms with Crippen molar-refractivity contribution < 1.29 is 52.4 Å². The summed E-state index contributed by atoms with van der Waals surface area (Å²) in [4.78, 5) is 69.1. The third-order valence-electron chi connectivity index (χ3n) is 12.7. The molecule has 2 bridgehead atoms. The highest BCUT2D eigenvalue weighted by atomic mass is 35.5. The quantitative estimate of drug-likeness (QED) is 0.161. The van der Waals surface area contributed by atoms with Crippen molar-refractivity contribution in [2.24, 2.45) is 23.2 Å². The first-order chi connectivity index (χ1) is 25.0. The van der Waals surface area contributed by atoms with E-state index in [4.69, 9.17) is 40.0 Å². The molecule has 3 heterocycles. The maximum atomic E-state index is 16.1. The molecule has 2 aromatic carbocycles. The highest BCUT2D eigenvalue weighted by Gasteiger charge is 2.76. The Hall–Kier alpha value is -4.06. The number of carbonyl (C=O) groups is 5. The normalized spacial score (nSPS) is 38.8. The van der Waals surface area contributed by atoms with Crippen LogP contribution in [0.25, 0.3) is 10.8 Å². The number of aryl methyl sites for hydroxylation is 1. The van der Waals surface area contributed by atoms with Crippen molar-refractivity contribution >= 4 is 52.0 Å². The third-order valence-corrected chi connectivity index (χ3v) is 13.2. The minimum absolute atomic E-state index is 0.203. The van der Waals surface area contributed by atoms with Crippen molar-refractivity contribution in [3.05, 3.63) is 71.8 Å². The van der Waals surface area contributed by atoms with Crippen molar-refractivity contribution in [3.63, 3.8) is 0 Å². The molecular weight excluding hydrogens is 704 g/mol. The maximum absolute atomic E-state index is 16.1. The molecule has 4 fully saturated rings. The Morgan fingerprint density at radius 1 is 0.925 bits per heavy atom. The third kappa shape index (κ3) is 5.24. The van der Waals surface area contributed by atoms with Crippen molar-refractivity contribution in [2.45, 2.75) is 107 Å². The number of fused-ring (bicyclic) bond motifs is 5. The van der Waals surface area contributed by atoms with Crippen LogP contribution in [0.1, 0.15) is 65.0 Å². The summed E-state index contributed by atoms with van der Waals surface area (Å²) in [6.07, 6.45) is -4.87. The molecular formula is C41H45ClO11. The van der Waals surface area contributed by atoms with Crippen LogP contribution < -0.4 is 0 Å². The Kier molecular flexibility index (Phi) is 9.18. The van der Waals surface area contributed by atoms with Crippen LogP contribution in [0.4, 0.5) is 0 Å². The topological polar surface area (TPSA) is 141 Å². The summed E-state index contributed by atoms with van der Waals surface area (Å²) < 4.78 is 38.1. The molecule has 2 aromatic rings.